The number of aromatic hydroxyl groups is 3. The van der Waals surface area contributed by atoms with Crippen LogP contribution < -0.4 is 31.4 Å². The number of aliphatic carboxylic acids is 1. The van der Waals surface area contributed by atoms with Crippen molar-refractivity contribution in [1.29, 1.82) is 0 Å². The Morgan fingerprint density at radius 3 is 1.97 bits per heavy atom. The van der Waals surface area contributed by atoms with Crippen LogP contribution in [0.2, 0.25) is 0 Å². The summed E-state index contributed by atoms with van der Waals surface area (Å²) >= 11 is 0. The second kappa shape index (κ2) is 36.5. The molecular weight excluding hydrogens is 1220 g/mol. The molecule has 4 aliphatic rings. The fraction of sp³-hybridized carbons (Fsp3) is 0.560. The van der Waals surface area contributed by atoms with Gasteiger partial charge in [0, 0.05) is 36.0 Å². The first-order chi connectivity index (χ1) is 39.4. The Kier molecular flexibility index (Phi) is 33.2. The molecule has 3 aromatic rings. The molecule has 2 saturated heterocycles. The SMILES string of the molecule is COc1ccc([C@@H]2CC(=O)c3c(O)cc(O[C@@H]4O[C@H](CO[C@@H]5O[C@@H](C)[C@H](O)[C@@H](O)[C@H]5O)[C@@H](O)[C@H](O)[C@H]4O)cc3O2)cc1O.Cc1ncc(CO)c(CO)c1O.Cl.Cl.NCCCC[C@H](N)C(=O)O.NCCS(=O)(=O)O.O=C1O[C@H]([C@@H](O)CO)C(O)=C1O. The molecule has 0 amide bonds. The number of carbonyl (C=O) groups is 3. The normalized spacial score (nSPS) is 25.5. The molecule has 0 aliphatic carbocycles. The number of aryl methyl sites for hydroxylation is 1. The second-order valence-electron chi connectivity index (χ2n) is 18.8. The molecule has 0 saturated carbocycles. The van der Waals surface area contributed by atoms with Gasteiger partial charge in [-0.15, -0.1) is 24.8 Å². The maximum Gasteiger partial charge on any atom is 0.377 e. The van der Waals surface area contributed by atoms with E-state index in [0.29, 0.717) is 35.3 Å². The zero-order valence-electron chi connectivity index (χ0n) is 46.2. The third-order valence-corrected chi connectivity index (χ3v) is 13.4. The van der Waals surface area contributed by atoms with E-state index in [2.05, 4.69) is 9.72 Å². The first-order valence-corrected chi connectivity index (χ1v) is 27.0. The van der Waals surface area contributed by atoms with Gasteiger partial charge >= 0.3 is 11.9 Å². The fourth-order valence-electron chi connectivity index (χ4n) is 7.80. The number of esters is 1. The molecule has 1 aromatic heterocycles. The highest BCUT2D eigenvalue weighted by Gasteiger charge is 2.48. The Balaban J connectivity index is 0.000000693. The van der Waals surface area contributed by atoms with Crippen molar-refractivity contribution in [2.24, 2.45) is 17.2 Å². The third kappa shape index (κ3) is 21.8. The van der Waals surface area contributed by atoms with E-state index in [1.807, 2.05) is 0 Å². The van der Waals surface area contributed by atoms with Gasteiger partial charge in [-0.3, -0.25) is 19.1 Å². The number of carbonyl (C=O) groups excluding carboxylic acids is 2. The maximum atomic E-state index is 12.9. The summed E-state index contributed by atoms with van der Waals surface area (Å²) < 4.78 is 64.8. The van der Waals surface area contributed by atoms with Gasteiger partial charge in [-0.1, -0.05) is 12.5 Å². The molecule has 2 aromatic carbocycles. The molecule has 7 rings (SSSR count). The number of phenolic OH excluding ortho intramolecular Hbond substituents is 2. The van der Waals surface area contributed by atoms with E-state index in [1.165, 1.54) is 38.4 Å². The highest BCUT2D eigenvalue weighted by Crippen LogP contribution is 2.44. The number of rotatable bonds is 18. The average molecular weight is 1300 g/mol. The number of hydrogen-bond donors (Lipinski definition) is 20. The highest BCUT2D eigenvalue weighted by molar-refractivity contribution is 7.85. The number of pyridine rings is 1. The topological polar surface area (TPSA) is 585 Å². The van der Waals surface area contributed by atoms with Crippen LogP contribution in [0.3, 0.4) is 0 Å². The van der Waals surface area contributed by atoms with Crippen LogP contribution in [0.1, 0.15) is 71.5 Å². The maximum absolute atomic E-state index is 12.9. The van der Waals surface area contributed by atoms with E-state index in [9.17, 15) is 68.8 Å². The number of nitrogens with two attached hydrogens (primary N) is 3. The molecule has 14 atom stereocenters. The summed E-state index contributed by atoms with van der Waals surface area (Å²) in [6.45, 7) is 1.99. The van der Waals surface area contributed by atoms with E-state index < -0.39 is 144 Å². The number of aromatic nitrogens is 1. The summed E-state index contributed by atoms with van der Waals surface area (Å²) in [6, 6.07) is 6.18. The van der Waals surface area contributed by atoms with Crippen LogP contribution in [0.5, 0.6) is 34.5 Å². The van der Waals surface area contributed by atoms with Gasteiger partial charge in [0.1, 0.15) is 89.5 Å². The summed E-state index contributed by atoms with van der Waals surface area (Å²) in [6.07, 6.45) is -15.1. The average Bonchev–Trinajstić information content (AvgIpc) is 1.36. The standard InChI is InChI=1S/C28H34O15.C8H11NO3.C6H14N2O2.C6H8O6.C2H7NO3S.2ClH/c1-10-21(32)23(34)25(36)27(40-10)39-9-19-22(33)24(35)26(37)28(43-19)41-12-6-14(30)20-15(31)8-17(42-18(20)7-12)11-3-4-16(38-2)13(29)5-11;1-5-8(12)7(4-11)6(3-10)2-9-5;7-4-2-1-3-5(8)6(9)10;7-1-2(8)5-3(9)4(10)6(11)12-5;3-1-2-7(4,5)6;;/h3-7,10,17,19,21-30,32-37H,8-9H2,1-2H3;2,10-12H,3-4H2,1H3;5H,1-4,7-8H2,(H,9,10);2,5,7-10H,1H2;1-3H2,(H,4,5,6);2*1H/t10-,17-,19+,21-,22+,23+,24-,25+,26+,27+,28+;;5-;2-,5+;;;/m0.00.../s1. The van der Waals surface area contributed by atoms with E-state index in [-0.39, 0.29) is 91.1 Å². The third-order valence-electron chi connectivity index (χ3n) is 12.6. The van der Waals surface area contributed by atoms with Crippen molar-refractivity contribution in [1.82, 2.24) is 4.98 Å². The van der Waals surface area contributed by atoms with Crippen LogP contribution in [-0.4, -0.2) is 236 Å². The lowest BCUT2D eigenvalue weighted by Gasteiger charge is -2.42. The Morgan fingerprint density at radius 2 is 1.45 bits per heavy atom. The number of benzene rings is 2. The number of nitrogens with zero attached hydrogens (tertiary/aromatic N) is 1. The lowest BCUT2D eigenvalue weighted by molar-refractivity contribution is -0.318. The van der Waals surface area contributed by atoms with Crippen LogP contribution in [0, 0.1) is 6.92 Å². The molecule has 0 radical (unpaired) electrons. The lowest BCUT2D eigenvalue weighted by atomic mass is 9.95. The number of ketones is 1. The first kappa shape index (κ1) is 78.2. The summed E-state index contributed by atoms with van der Waals surface area (Å²) in [7, 11) is -2.41. The highest BCUT2D eigenvalue weighted by atomic mass is 35.5. The summed E-state index contributed by atoms with van der Waals surface area (Å²) in [5, 5.41) is 153. The van der Waals surface area contributed by atoms with Gasteiger partial charge in [0.2, 0.25) is 12.0 Å². The number of phenols is 2. The quantitative estimate of drug-likeness (QED) is 0.0337. The van der Waals surface area contributed by atoms with Gasteiger partial charge in [-0.05, 0) is 50.9 Å². The van der Waals surface area contributed by atoms with Crippen molar-refractivity contribution in [2.45, 2.75) is 139 Å². The number of methoxy groups -OCH3 is 1. The number of hydrogen-bond acceptors (Lipinski definition) is 31. The molecule has 23 N–H and O–H groups in total. The van der Waals surface area contributed by atoms with Crippen molar-refractivity contribution in [3.63, 3.8) is 0 Å². The van der Waals surface area contributed by atoms with Crippen molar-refractivity contribution in [3.8, 4) is 34.5 Å². The molecule has 5 heterocycles. The number of carboxylic acid groups (broad SMARTS) is 1. The minimum Gasteiger partial charge on any atom is -0.507 e. The molecule has 2 fully saturated rings. The Labute approximate surface area is 503 Å². The van der Waals surface area contributed by atoms with Crippen LogP contribution in [-0.2, 0) is 51.9 Å². The summed E-state index contributed by atoms with van der Waals surface area (Å²) in [4.78, 5) is 37.4. The number of fused-ring (bicyclic) bond motifs is 1. The van der Waals surface area contributed by atoms with Gasteiger partial charge in [0.15, 0.2) is 35.4 Å². The first-order valence-electron chi connectivity index (χ1n) is 25.4. The lowest BCUT2D eigenvalue weighted by Crippen LogP contribution is -2.61. The largest absolute Gasteiger partial charge is 0.507 e. The van der Waals surface area contributed by atoms with E-state index in [0.717, 1.165) is 18.9 Å². The zero-order chi connectivity index (χ0) is 63.5. The van der Waals surface area contributed by atoms with Crippen LogP contribution >= 0.6 is 24.8 Å². The minimum atomic E-state index is -3.80. The monoisotopic (exact) mass is 1300 g/mol. The van der Waals surface area contributed by atoms with Crippen molar-refractivity contribution in [2.75, 3.05) is 39.2 Å². The van der Waals surface area contributed by atoms with Gasteiger partial charge in [0.25, 0.3) is 10.1 Å². The summed E-state index contributed by atoms with van der Waals surface area (Å²) in [5.41, 5.74) is 16.8. The van der Waals surface area contributed by atoms with Gasteiger partial charge in [0.05, 0.1) is 57.5 Å². The van der Waals surface area contributed by atoms with E-state index >= 15 is 0 Å². The second-order valence-corrected chi connectivity index (χ2v) is 20.3. The van der Waals surface area contributed by atoms with Gasteiger partial charge < -0.3 is 132 Å². The number of ether oxygens (including phenoxy) is 7. The predicted molar refractivity (Wildman–Crippen MR) is 297 cm³/mol. The van der Waals surface area contributed by atoms with Crippen LogP contribution in [0.25, 0.3) is 0 Å². The number of carboxylic acids is 1. The summed E-state index contributed by atoms with van der Waals surface area (Å²) in [5.74, 6) is -5.10. The molecule has 33 nitrogen and oxygen atoms in total. The van der Waals surface area contributed by atoms with Crippen LogP contribution in [0.15, 0.2) is 48.0 Å². The number of aliphatic hydroxyl groups is 12. The minimum absolute atomic E-state index is 0. The number of aliphatic hydroxyl groups excluding tert-OH is 12. The molecule has 4 aliphatic heterocycles. The molecule has 0 spiro atoms. The van der Waals surface area contributed by atoms with Gasteiger partial charge in [-0.2, -0.15) is 8.42 Å². The molecule has 86 heavy (non-hydrogen) atoms. The van der Waals surface area contributed by atoms with E-state index in [4.69, 9.17) is 85.9 Å². The number of cyclic esters (lactones) is 1. The zero-order valence-corrected chi connectivity index (χ0v) is 48.7. The Morgan fingerprint density at radius 1 is 0.826 bits per heavy atom. The number of unbranched alkanes of at least 4 members (excludes halogenated alkanes) is 1. The number of halogens is 2. The molecule has 490 valence electrons. The Bertz CT molecular complexity index is 2790. The van der Waals surface area contributed by atoms with E-state index in [1.54, 1.807) is 13.0 Å². The van der Waals surface area contributed by atoms with Crippen molar-refractivity contribution < 1.29 is 142 Å². The smallest absolute Gasteiger partial charge is 0.377 e. The van der Waals surface area contributed by atoms with Crippen molar-refractivity contribution in [3.05, 3.63) is 76.0 Å². The molecule has 0 bridgehead atoms. The van der Waals surface area contributed by atoms with Gasteiger partial charge in [-0.25, -0.2) is 4.79 Å². The van der Waals surface area contributed by atoms with Crippen molar-refractivity contribution >= 4 is 52.7 Å². The fourth-order valence-corrected chi connectivity index (χ4v) is 8.10. The number of Topliss-reactive ketones (excluding diaryl/α,β-unsaturated/α-hetero) is 1. The van der Waals surface area contributed by atoms with Crippen LogP contribution in [0.4, 0.5) is 0 Å². The predicted octanol–water partition coefficient (Wildman–Crippen LogP) is -3.28. The molecular formula is C50H76Cl2N4O29S. The Hall–Kier alpha value is -5.81. The molecule has 36 heteroatoms. The molecule has 0 unspecified atom stereocenters.